The Kier molecular flexibility index (Phi) is 4.66. The molecule has 94 valence electrons. The zero-order valence-electron chi connectivity index (χ0n) is 11.0. The van der Waals surface area contributed by atoms with Gasteiger partial charge < -0.3 is 10.2 Å². The summed E-state index contributed by atoms with van der Waals surface area (Å²) in [6.07, 6.45) is 8.38. The Morgan fingerprint density at radius 3 is 2.62 bits per heavy atom. The molecule has 2 aliphatic rings. The van der Waals surface area contributed by atoms with Gasteiger partial charge >= 0.3 is 0 Å². The molecule has 1 saturated carbocycles. The van der Waals surface area contributed by atoms with Crippen molar-refractivity contribution in [1.82, 2.24) is 10.2 Å². The summed E-state index contributed by atoms with van der Waals surface area (Å²) >= 11 is 0. The third kappa shape index (κ3) is 2.98. The number of rotatable bonds is 3. The Balaban J connectivity index is 1.82. The molecule has 2 atom stereocenters. The maximum Gasteiger partial charge on any atom is 0.00952 e. The Morgan fingerprint density at radius 2 is 2.00 bits per heavy atom. The van der Waals surface area contributed by atoms with Gasteiger partial charge in [0.1, 0.15) is 0 Å². The first-order chi connectivity index (χ1) is 7.81. The molecule has 2 nitrogen and oxygen atoms in total. The third-order valence-corrected chi connectivity index (χ3v) is 4.72. The fourth-order valence-corrected chi connectivity index (χ4v) is 3.10. The molecule has 2 heteroatoms. The van der Waals surface area contributed by atoms with Crippen molar-refractivity contribution in [3.05, 3.63) is 0 Å². The molecule has 0 amide bonds. The molecular weight excluding hydrogens is 196 g/mol. The highest BCUT2D eigenvalue weighted by Gasteiger charge is 2.28. The van der Waals surface area contributed by atoms with Gasteiger partial charge in [0.15, 0.2) is 0 Å². The lowest BCUT2D eigenvalue weighted by atomic mass is 9.79. The van der Waals surface area contributed by atoms with E-state index in [-0.39, 0.29) is 0 Å². The lowest BCUT2D eigenvalue weighted by molar-refractivity contribution is 0.0960. The first kappa shape index (κ1) is 12.4. The predicted molar refractivity (Wildman–Crippen MR) is 69.7 cm³/mol. The summed E-state index contributed by atoms with van der Waals surface area (Å²) in [4.78, 5) is 2.76. The molecule has 2 rings (SSSR count). The summed E-state index contributed by atoms with van der Waals surface area (Å²) in [5.41, 5.74) is 0. The molecule has 0 aromatic heterocycles. The van der Waals surface area contributed by atoms with Crippen LogP contribution in [0.15, 0.2) is 0 Å². The molecule has 0 spiro atoms. The van der Waals surface area contributed by atoms with E-state index in [1.54, 1.807) is 0 Å². The van der Waals surface area contributed by atoms with Gasteiger partial charge in [-0.1, -0.05) is 13.3 Å². The lowest BCUT2D eigenvalue weighted by Crippen LogP contribution is -2.46. The molecule has 1 N–H and O–H groups in total. The largest absolute Gasteiger partial charge is 0.314 e. The average Bonchev–Trinajstić information content (AvgIpc) is 2.15. The average molecular weight is 224 g/mol. The van der Waals surface area contributed by atoms with Crippen LogP contribution in [0, 0.1) is 5.92 Å². The fourth-order valence-electron chi connectivity index (χ4n) is 3.10. The predicted octanol–water partition coefficient (Wildman–Crippen LogP) is 2.64. The topological polar surface area (TPSA) is 15.3 Å². The number of nitrogens with one attached hydrogen (secondary N) is 1. The van der Waals surface area contributed by atoms with Crippen molar-refractivity contribution >= 4 is 0 Å². The Labute approximate surface area is 101 Å². The molecule has 0 bridgehead atoms. The molecule has 2 unspecified atom stereocenters. The van der Waals surface area contributed by atoms with Crippen LogP contribution in [0.4, 0.5) is 0 Å². The highest BCUT2D eigenvalue weighted by molar-refractivity contribution is 4.83. The van der Waals surface area contributed by atoms with Gasteiger partial charge in [0.05, 0.1) is 0 Å². The molecule has 1 saturated heterocycles. The normalized spacial score (nSPS) is 31.5. The van der Waals surface area contributed by atoms with E-state index in [2.05, 4.69) is 24.1 Å². The van der Waals surface area contributed by atoms with Crippen LogP contribution in [-0.4, -0.2) is 36.6 Å². The highest BCUT2D eigenvalue weighted by Crippen LogP contribution is 2.32. The zero-order chi connectivity index (χ0) is 11.4. The summed E-state index contributed by atoms with van der Waals surface area (Å²) in [5, 5.41) is 3.66. The van der Waals surface area contributed by atoms with E-state index in [1.807, 2.05) is 0 Å². The second-order valence-corrected chi connectivity index (χ2v) is 5.67. The summed E-state index contributed by atoms with van der Waals surface area (Å²) < 4.78 is 0. The smallest absolute Gasteiger partial charge is 0.00952 e. The minimum atomic E-state index is 0.761. The van der Waals surface area contributed by atoms with Crippen molar-refractivity contribution in [2.24, 2.45) is 5.92 Å². The van der Waals surface area contributed by atoms with Gasteiger partial charge in [-0.3, -0.25) is 0 Å². The molecule has 2 fully saturated rings. The molecule has 1 aliphatic carbocycles. The standard InChI is InChI=1S/C14H28N2/c1-3-14-8-11-16(10-5-9-15-14)12(2)13-6-4-7-13/h12-15H,3-11H2,1-2H3. The van der Waals surface area contributed by atoms with E-state index in [0.717, 1.165) is 18.0 Å². The van der Waals surface area contributed by atoms with E-state index in [4.69, 9.17) is 0 Å². The van der Waals surface area contributed by atoms with E-state index >= 15 is 0 Å². The fraction of sp³-hybridized carbons (Fsp3) is 1.00. The van der Waals surface area contributed by atoms with E-state index in [9.17, 15) is 0 Å². The van der Waals surface area contributed by atoms with Crippen LogP contribution in [0.3, 0.4) is 0 Å². The van der Waals surface area contributed by atoms with Crippen LogP contribution in [-0.2, 0) is 0 Å². The number of hydrogen-bond acceptors (Lipinski definition) is 2. The van der Waals surface area contributed by atoms with Crippen molar-refractivity contribution in [1.29, 1.82) is 0 Å². The first-order valence-electron chi connectivity index (χ1n) is 7.28. The molecule has 0 aromatic carbocycles. The van der Waals surface area contributed by atoms with Gasteiger partial charge in [0.2, 0.25) is 0 Å². The summed E-state index contributed by atoms with van der Waals surface area (Å²) in [6, 6.07) is 1.60. The maximum atomic E-state index is 3.66. The lowest BCUT2D eigenvalue weighted by Gasteiger charge is -2.40. The molecule has 1 aliphatic heterocycles. The van der Waals surface area contributed by atoms with Crippen LogP contribution >= 0.6 is 0 Å². The van der Waals surface area contributed by atoms with Crippen molar-refractivity contribution in [2.75, 3.05) is 19.6 Å². The van der Waals surface area contributed by atoms with Crippen LogP contribution < -0.4 is 5.32 Å². The minimum absolute atomic E-state index is 0.761. The molecule has 0 radical (unpaired) electrons. The van der Waals surface area contributed by atoms with Crippen molar-refractivity contribution in [2.45, 2.75) is 64.5 Å². The minimum Gasteiger partial charge on any atom is -0.314 e. The molecule has 1 heterocycles. The Hall–Kier alpha value is -0.0800. The van der Waals surface area contributed by atoms with Gasteiger partial charge in [-0.25, -0.2) is 0 Å². The summed E-state index contributed by atoms with van der Waals surface area (Å²) in [6.45, 7) is 8.59. The van der Waals surface area contributed by atoms with Crippen LogP contribution in [0.1, 0.15) is 52.4 Å². The quantitative estimate of drug-likeness (QED) is 0.793. The highest BCUT2D eigenvalue weighted by atomic mass is 15.2. The monoisotopic (exact) mass is 224 g/mol. The van der Waals surface area contributed by atoms with Gasteiger partial charge in [-0.2, -0.15) is 0 Å². The number of hydrogen-bond donors (Lipinski definition) is 1. The Bertz CT molecular complexity index is 201. The van der Waals surface area contributed by atoms with Crippen LogP contribution in [0.25, 0.3) is 0 Å². The van der Waals surface area contributed by atoms with E-state index in [0.29, 0.717) is 0 Å². The third-order valence-electron chi connectivity index (χ3n) is 4.72. The second-order valence-electron chi connectivity index (χ2n) is 5.67. The van der Waals surface area contributed by atoms with Gasteiger partial charge in [-0.15, -0.1) is 0 Å². The van der Waals surface area contributed by atoms with E-state index < -0.39 is 0 Å². The van der Waals surface area contributed by atoms with Crippen molar-refractivity contribution in [3.63, 3.8) is 0 Å². The Morgan fingerprint density at radius 1 is 1.19 bits per heavy atom. The van der Waals surface area contributed by atoms with Crippen molar-refractivity contribution < 1.29 is 0 Å². The summed E-state index contributed by atoms with van der Waals surface area (Å²) in [5.74, 6) is 1.01. The van der Waals surface area contributed by atoms with Crippen LogP contribution in [0.5, 0.6) is 0 Å². The molecule has 0 aromatic rings. The van der Waals surface area contributed by atoms with Gasteiger partial charge in [-0.05, 0) is 64.6 Å². The zero-order valence-corrected chi connectivity index (χ0v) is 11.0. The number of nitrogens with zero attached hydrogens (tertiary/aromatic N) is 1. The van der Waals surface area contributed by atoms with Gasteiger partial charge in [0.25, 0.3) is 0 Å². The van der Waals surface area contributed by atoms with E-state index in [1.165, 1.54) is 58.2 Å². The van der Waals surface area contributed by atoms with Crippen molar-refractivity contribution in [3.8, 4) is 0 Å². The SMILES string of the molecule is CCC1CCN(C(C)C2CCC2)CCCN1. The maximum absolute atomic E-state index is 3.66. The van der Waals surface area contributed by atoms with Gasteiger partial charge in [0, 0.05) is 12.1 Å². The first-order valence-corrected chi connectivity index (χ1v) is 7.28. The molecule has 16 heavy (non-hydrogen) atoms. The summed E-state index contributed by atoms with van der Waals surface area (Å²) in [7, 11) is 0. The molecular formula is C14H28N2. The van der Waals surface area contributed by atoms with Crippen LogP contribution in [0.2, 0.25) is 0 Å². The second kappa shape index (κ2) is 6.02.